The van der Waals surface area contributed by atoms with Crippen molar-refractivity contribution in [1.29, 1.82) is 0 Å². The molecule has 8 nitrogen and oxygen atoms in total. The summed E-state index contributed by atoms with van der Waals surface area (Å²) in [6, 6.07) is 5.39. The van der Waals surface area contributed by atoms with E-state index < -0.39 is 11.8 Å². The van der Waals surface area contributed by atoms with Gasteiger partial charge in [0, 0.05) is 24.2 Å². The van der Waals surface area contributed by atoms with Crippen LogP contribution in [0.4, 0.5) is 5.69 Å². The average Bonchev–Trinajstić information content (AvgIpc) is 3.01. The van der Waals surface area contributed by atoms with Crippen LogP contribution in [0.2, 0.25) is 0 Å². The number of benzene rings is 1. The Kier molecular flexibility index (Phi) is 5.36. The second-order valence-electron chi connectivity index (χ2n) is 8.14. The third kappa shape index (κ3) is 3.76. The number of amides is 4. The lowest BCUT2D eigenvalue weighted by Crippen LogP contribution is -2.51. The molecule has 0 unspecified atom stereocenters. The highest BCUT2D eigenvalue weighted by Crippen LogP contribution is 2.36. The minimum Gasteiger partial charge on any atom is -0.381 e. The first-order valence-electron chi connectivity index (χ1n) is 10.2. The summed E-state index contributed by atoms with van der Waals surface area (Å²) in [7, 11) is 1.96. The Hall–Kier alpha value is -2.74. The van der Waals surface area contributed by atoms with Gasteiger partial charge in [-0.2, -0.15) is 0 Å². The molecule has 3 aliphatic rings. The number of fused-ring (bicyclic) bond motifs is 1. The summed E-state index contributed by atoms with van der Waals surface area (Å²) in [5.41, 5.74) is 1.25. The largest absolute Gasteiger partial charge is 0.381 e. The molecular weight excluding hydrogens is 372 g/mol. The molecule has 1 aromatic rings. The molecule has 1 aromatic carbocycles. The number of anilines is 1. The summed E-state index contributed by atoms with van der Waals surface area (Å²) in [5.74, 6) is -1.45. The number of hydrogen-bond donors (Lipinski definition) is 4. The zero-order valence-electron chi connectivity index (χ0n) is 16.4. The predicted octanol–water partition coefficient (Wildman–Crippen LogP) is 1.18. The van der Waals surface area contributed by atoms with Crippen molar-refractivity contribution >= 4 is 29.3 Å². The highest BCUT2D eigenvalue weighted by molar-refractivity contribution is 6.23. The van der Waals surface area contributed by atoms with Crippen LogP contribution in [0.3, 0.4) is 0 Å². The molecule has 1 aliphatic carbocycles. The van der Waals surface area contributed by atoms with Crippen molar-refractivity contribution in [2.45, 2.75) is 50.6 Å². The van der Waals surface area contributed by atoms with Gasteiger partial charge >= 0.3 is 0 Å². The molecule has 8 heteroatoms. The molecule has 154 valence electrons. The van der Waals surface area contributed by atoms with E-state index in [0.29, 0.717) is 35.7 Å². The van der Waals surface area contributed by atoms with Gasteiger partial charge in [-0.15, -0.1) is 0 Å². The van der Waals surface area contributed by atoms with E-state index >= 15 is 0 Å². The van der Waals surface area contributed by atoms with Crippen molar-refractivity contribution in [2.75, 3.05) is 12.4 Å². The highest BCUT2D eigenvalue weighted by atomic mass is 16.2. The molecule has 4 amide bonds. The Morgan fingerprint density at radius 1 is 0.966 bits per heavy atom. The molecule has 4 rings (SSSR count). The first kappa shape index (κ1) is 19.6. The van der Waals surface area contributed by atoms with Crippen LogP contribution in [0, 0.1) is 11.8 Å². The Morgan fingerprint density at radius 3 is 2.41 bits per heavy atom. The molecule has 1 saturated heterocycles. The first-order chi connectivity index (χ1) is 14.0. The van der Waals surface area contributed by atoms with Gasteiger partial charge in [-0.1, -0.05) is 6.07 Å². The summed E-state index contributed by atoms with van der Waals surface area (Å²) >= 11 is 0. The van der Waals surface area contributed by atoms with E-state index in [1.165, 1.54) is 0 Å². The van der Waals surface area contributed by atoms with Crippen LogP contribution in [-0.2, 0) is 9.59 Å². The van der Waals surface area contributed by atoms with E-state index in [1.807, 2.05) is 7.05 Å². The molecule has 2 fully saturated rings. The quantitative estimate of drug-likeness (QED) is 0.554. The monoisotopic (exact) mass is 398 g/mol. The fraction of sp³-hybridized carbons (Fsp3) is 0.524. The molecule has 4 N–H and O–H groups in total. The molecule has 2 aliphatic heterocycles. The lowest BCUT2D eigenvalue weighted by Gasteiger charge is -2.39. The molecule has 0 aromatic heterocycles. The fourth-order valence-corrected chi connectivity index (χ4v) is 4.89. The number of carbonyl (C=O) groups excluding carboxylic acids is 4. The molecule has 0 bridgehead atoms. The minimum absolute atomic E-state index is 0.212. The van der Waals surface area contributed by atoms with Crippen LogP contribution < -0.4 is 21.3 Å². The van der Waals surface area contributed by atoms with Gasteiger partial charge in [0.05, 0.1) is 17.0 Å². The standard InChI is InChI=1S/C21H26N4O4/c1-22-12-7-5-11(6-8-12)18(14-9-10-16(26)24-20(14)28)23-15-4-2-3-13-17(15)21(29)25-19(13)27/h2-4,11-12,14,18,22-23H,5-10H2,1H3,(H,24,26,28)(H,25,27,29)/t11?,12?,14-,18-/m1/s1. The summed E-state index contributed by atoms with van der Waals surface area (Å²) in [6.45, 7) is 0. The maximum atomic E-state index is 12.6. The SMILES string of the molecule is CNC1CCC([C@@H](Nc2cccc3c2C(=O)NC3=O)[C@H]2CCC(=O)NC2=O)CC1. The van der Waals surface area contributed by atoms with Crippen LogP contribution in [-0.4, -0.2) is 42.8 Å². The Balaban J connectivity index is 1.63. The summed E-state index contributed by atoms with van der Waals surface area (Å²) in [4.78, 5) is 48.6. The van der Waals surface area contributed by atoms with E-state index in [-0.39, 0.29) is 29.7 Å². The molecule has 2 atom stereocenters. The van der Waals surface area contributed by atoms with Gasteiger partial charge in [-0.3, -0.25) is 29.8 Å². The summed E-state index contributed by atoms with van der Waals surface area (Å²) in [6.07, 6.45) is 4.71. The van der Waals surface area contributed by atoms with E-state index in [0.717, 1.165) is 25.7 Å². The predicted molar refractivity (Wildman–Crippen MR) is 106 cm³/mol. The van der Waals surface area contributed by atoms with Crippen molar-refractivity contribution in [3.8, 4) is 0 Å². The third-order valence-corrected chi connectivity index (χ3v) is 6.49. The Bertz CT molecular complexity index is 860. The van der Waals surface area contributed by atoms with Gasteiger partial charge in [0.2, 0.25) is 11.8 Å². The van der Waals surface area contributed by atoms with Gasteiger partial charge in [0.1, 0.15) is 0 Å². The fourth-order valence-electron chi connectivity index (χ4n) is 4.89. The zero-order valence-corrected chi connectivity index (χ0v) is 16.4. The number of imide groups is 2. The lowest BCUT2D eigenvalue weighted by molar-refractivity contribution is -0.137. The van der Waals surface area contributed by atoms with E-state index in [4.69, 9.17) is 0 Å². The number of rotatable bonds is 5. The number of piperidine rings is 1. The Labute approximate surface area is 169 Å². The van der Waals surface area contributed by atoms with Crippen molar-refractivity contribution < 1.29 is 19.2 Å². The lowest BCUT2D eigenvalue weighted by atomic mass is 9.74. The smallest absolute Gasteiger partial charge is 0.261 e. The average molecular weight is 398 g/mol. The molecule has 29 heavy (non-hydrogen) atoms. The second kappa shape index (κ2) is 7.94. The Morgan fingerprint density at radius 2 is 1.72 bits per heavy atom. The summed E-state index contributed by atoms with van der Waals surface area (Å²) < 4.78 is 0. The third-order valence-electron chi connectivity index (χ3n) is 6.49. The van der Waals surface area contributed by atoms with Crippen molar-refractivity contribution in [3.05, 3.63) is 29.3 Å². The van der Waals surface area contributed by atoms with Crippen molar-refractivity contribution in [3.63, 3.8) is 0 Å². The normalized spacial score (nSPS) is 27.8. The molecular formula is C21H26N4O4. The maximum absolute atomic E-state index is 12.6. The number of hydrogen-bond acceptors (Lipinski definition) is 6. The van der Waals surface area contributed by atoms with Gasteiger partial charge in [0.25, 0.3) is 11.8 Å². The van der Waals surface area contributed by atoms with Crippen LogP contribution in [0.5, 0.6) is 0 Å². The van der Waals surface area contributed by atoms with Crippen LogP contribution in [0.15, 0.2) is 18.2 Å². The van der Waals surface area contributed by atoms with E-state index in [1.54, 1.807) is 18.2 Å². The van der Waals surface area contributed by atoms with Crippen LogP contribution >= 0.6 is 0 Å². The van der Waals surface area contributed by atoms with Crippen LogP contribution in [0.25, 0.3) is 0 Å². The molecule has 1 saturated carbocycles. The maximum Gasteiger partial charge on any atom is 0.261 e. The molecule has 0 radical (unpaired) electrons. The minimum atomic E-state index is -0.422. The second-order valence-corrected chi connectivity index (χ2v) is 8.14. The van der Waals surface area contributed by atoms with Gasteiger partial charge < -0.3 is 10.6 Å². The topological polar surface area (TPSA) is 116 Å². The zero-order chi connectivity index (χ0) is 20.5. The van der Waals surface area contributed by atoms with E-state index in [9.17, 15) is 19.2 Å². The molecule has 2 heterocycles. The van der Waals surface area contributed by atoms with Crippen molar-refractivity contribution in [1.82, 2.24) is 16.0 Å². The summed E-state index contributed by atoms with van der Waals surface area (Å²) in [5, 5.41) is 11.6. The van der Waals surface area contributed by atoms with Gasteiger partial charge in [-0.25, -0.2) is 0 Å². The van der Waals surface area contributed by atoms with Gasteiger partial charge in [0.15, 0.2) is 0 Å². The first-order valence-corrected chi connectivity index (χ1v) is 10.2. The number of nitrogens with one attached hydrogen (secondary N) is 4. The van der Waals surface area contributed by atoms with Crippen LogP contribution in [0.1, 0.15) is 59.2 Å². The van der Waals surface area contributed by atoms with Crippen molar-refractivity contribution in [2.24, 2.45) is 11.8 Å². The van der Waals surface area contributed by atoms with Gasteiger partial charge in [-0.05, 0) is 57.2 Å². The molecule has 0 spiro atoms. The number of carbonyl (C=O) groups is 4. The van der Waals surface area contributed by atoms with E-state index in [2.05, 4.69) is 21.3 Å². The highest BCUT2D eigenvalue weighted by Gasteiger charge is 2.40.